The third-order valence-corrected chi connectivity index (χ3v) is 7.45. The zero-order valence-electron chi connectivity index (χ0n) is 17.3. The summed E-state index contributed by atoms with van der Waals surface area (Å²) in [5.41, 5.74) is 2.82. The number of piperazine rings is 1. The maximum absolute atomic E-state index is 13.0. The van der Waals surface area contributed by atoms with Crippen LogP contribution in [0.25, 0.3) is 0 Å². The first-order chi connectivity index (χ1) is 13.6. The van der Waals surface area contributed by atoms with Crippen LogP contribution < -0.4 is 0 Å². The molecule has 1 fully saturated rings. The number of carbonyl (C=O) groups excluding carboxylic acids is 1. The molecule has 156 valence electrons. The smallest absolute Gasteiger partial charge is 0.257 e. The van der Waals surface area contributed by atoms with E-state index in [1.165, 1.54) is 4.31 Å². The lowest BCUT2D eigenvalue weighted by Crippen LogP contribution is -2.50. The van der Waals surface area contributed by atoms with E-state index in [-0.39, 0.29) is 49.3 Å². The van der Waals surface area contributed by atoms with E-state index in [1.807, 2.05) is 39.0 Å². The Bertz CT molecular complexity index is 1020. The molecule has 29 heavy (non-hydrogen) atoms. The quantitative estimate of drug-likeness (QED) is 0.830. The second kappa shape index (κ2) is 8.16. The van der Waals surface area contributed by atoms with E-state index in [2.05, 4.69) is 0 Å². The van der Waals surface area contributed by atoms with Crippen LogP contribution in [-0.4, -0.2) is 54.8 Å². The van der Waals surface area contributed by atoms with E-state index >= 15 is 0 Å². The van der Waals surface area contributed by atoms with Crippen LogP contribution in [0, 0.1) is 13.8 Å². The first-order valence-electron chi connectivity index (χ1n) is 9.81. The second-order valence-corrected chi connectivity index (χ2v) is 9.80. The van der Waals surface area contributed by atoms with Crippen molar-refractivity contribution in [1.82, 2.24) is 9.21 Å². The van der Waals surface area contributed by atoms with Gasteiger partial charge in [0, 0.05) is 26.2 Å². The number of benzene rings is 2. The average molecular weight is 417 g/mol. The Morgan fingerprint density at radius 2 is 1.66 bits per heavy atom. The molecule has 2 aromatic carbocycles. The van der Waals surface area contributed by atoms with Crippen molar-refractivity contribution in [3.63, 3.8) is 0 Å². The maximum Gasteiger partial charge on any atom is 0.257 e. The number of phenols is 1. The minimum Gasteiger partial charge on any atom is -0.507 e. The van der Waals surface area contributed by atoms with Crippen LogP contribution in [0.4, 0.5) is 0 Å². The van der Waals surface area contributed by atoms with Crippen LogP contribution in [0.15, 0.2) is 41.3 Å². The molecular formula is C22H28N2O4S. The van der Waals surface area contributed by atoms with Crippen molar-refractivity contribution >= 4 is 15.9 Å². The van der Waals surface area contributed by atoms with Crippen molar-refractivity contribution in [2.45, 2.75) is 38.5 Å². The van der Waals surface area contributed by atoms with Gasteiger partial charge in [0.1, 0.15) is 5.75 Å². The number of hydrogen-bond acceptors (Lipinski definition) is 4. The SMILES string of the molecule is Cc1ccc(C)c(S(=O)(=O)N2CCN(C(=O)c3ccc(C(C)C)cc3O)CC2)c1. The highest BCUT2D eigenvalue weighted by Gasteiger charge is 2.32. The van der Waals surface area contributed by atoms with Crippen molar-refractivity contribution in [3.05, 3.63) is 58.7 Å². The highest BCUT2D eigenvalue weighted by atomic mass is 32.2. The standard InChI is InChI=1S/C22H28N2O4S/c1-15(2)18-7-8-19(20(25)14-18)22(26)23-9-11-24(12-10-23)29(27,28)21-13-16(3)5-6-17(21)4/h5-8,13-15,25H,9-12H2,1-4H3. The molecular weight excluding hydrogens is 388 g/mol. The van der Waals surface area contributed by atoms with Gasteiger partial charge >= 0.3 is 0 Å². The van der Waals surface area contributed by atoms with E-state index in [0.29, 0.717) is 10.5 Å². The third-order valence-electron chi connectivity index (χ3n) is 5.41. The highest BCUT2D eigenvalue weighted by Crippen LogP contribution is 2.26. The predicted octanol–water partition coefficient (Wildman–Crippen LogP) is 3.28. The summed E-state index contributed by atoms with van der Waals surface area (Å²) in [6.07, 6.45) is 0. The van der Waals surface area contributed by atoms with Crippen molar-refractivity contribution in [3.8, 4) is 5.75 Å². The maximum atomic E-state index is 13.0. The molecule has 0 radical (unpaired) electrons. The summed E-state index contributed by atoms with van der Waals surface area (Å²) in [6.45, 7) is 8.72. The fourth-order valence-electron chi connectivity index (χ4n) is 3.51. The first kappa shape index (κ1) is 21.3. The van der Waals surface area contributed by atoms with Crippen LogP contribution in [-0.2, 0) is 10.0 Å². The number of aromatic hydroxyl groups is 1. The topological polar surface area (TPSA) is 77.9 Å². The molecule has 0 spiro atoms. The van der Waals surface area contributed by atoms with Gasteiger partial charge in [-0.1, -0.05) is 32.0 Å². The molecule has 0 bridgehead atoms. The Balaban J connectivity index is 1.73. The predicted molar refractivity (Wildman–Crippen MR) is 113 cm³/mol. The molecule has 0 aromatic heterocycles. The molecule has 6 nitrogen and oxygen atoms in total. The molecule has 0 aliphatic carbocycles. The molecule has 0 saturated carbocycles. The minimum absolute atomic E-state index is 0.0355. The lowest BCUT2D eigenvalue weighted by atomic mass is 10.0. The number of amides is 1. The van der Waals surface area contributed by atoms with Gasteiger partial charge in [-0.2, -0.15) is 4.31 Å². The van der Waals surface area contributed by atoms with Gasteiger partial charge in [-0.05, 0) is 54.7 Å². The van der Waals surface area contributed by atoms with Crippen LogP contribution in [0.1, 0.15) is 46.8 Å². The Morgan fingerprint density at radius 1 is 1.00 bits per heavy atom. The molecule has 1 saturated heterocycles. The molecule has 3 rings (SSSR count). The van der Waals surface area contributed by atoms with Crippen LogP contribution in [0.2, 0.25) is 0 Å². The van der Waals surface area contributed by atoms with Gasteiger partial charge in [-0.3, -0.25) is 4.79 Å². The van der Waals surface area contributed by atoms with Crippen LogP contribution in [0.5, 0.6) is 5.75 Å². The van der Waals surface area contributed by atoms with E-state index < -0.39 is 10.0 Å². The van der Waals surface area contributed by atoms with Crippen molar-refractivity contribution < 1.29 is 18.3 Å². The molecule has 0 unspecified atom stereocenters. The summed E-state index contributed by atoms with van der Waals surface area (Å²) in [4.78, 5) is 14.7. The monoisotopic (exact) mass is 416 g/mol. The average Bonchev–Trinajstić information content (AvgIpc) is 2.69. The summed E-state index contributed by atoms with van der Waals surface area (Å²) >= 11 is 0. The van der Waals surface area contributed by atoms with E-state index in [1.54, 1.807) is 30.0 Å². The fourth-order valence-corrected chi connectivity index (χ4v) is 5.25. The minimum atomic E-state index is -3.61. The summed E-state index contributed by atoms with van der Waals surface area (Å²) < 4.78 is 27.5. The van der Waals surface area contributed by atoms with Gasteiger partial charge in [0.05, 0.1) is 10.5 Å². The summed E-state index contributed by atoms with van der Waals surface area (Å²) in [6, 6.07) is 10.5. The molecule has 1 aliphatic heterocycles. The molecule has 7 heteroatoms. The fraction of sp³-hybridized carbons (Fsp3) is 0.409. The van der Waals surface area contributed by atoms with Crippen molar-refractivity contribution in [1.29, 1.82) is 0 Å². The zero-order valence-corrected chi connectivity index (χ0v) is 18.2. The Labute approximate surface area is 172 Å². The Morgan fingerprint density at radius 3 is 2.24 bits per heavy atom. The molecule has 1 N–H and O–H groups in total. The van der Waals surface area contributed by atoms with Gasteiger partial charge in [0.2, 0.25) is 10.0 Å². The summed E-state index contributed by atoms with van der Waals surface area (Å²) in [7, 11) is -3.61. The lowest BCUT2D eigenvalue weighted by Gasteiger charge is -2.34. The number of carbonyl (C=O) groups is 1. The summed E-state index contributed by atoms with van der Waals surface area (Å²) in [5.74, 6) is -0.0582. The van der Waals surface area contributed by atoms with E-state index in [4.69, 9.17) is 0 Å². The van der Waals surface area contributed by atoms with Crippen LogP contribution in [0.3, 0.4) is 0 Å². The van der Waals surface area contributed by atoms with Gasteiger partial charge < -0.3 is 10.0 Å². The number of sulfonamides is 1. The normalized spacial score (nSPS) is 15.7. The molecule has 1 amide bonds. The van der Waals surface area contributed by atoms with E-state index in [0.717, 1.165) is 11.1 Å². The molecule has 0 atom stereocenters. The van der Waals surface area contributed by atoms with Gasteiger partial charge in [-0.25, -0.2) is 8.42 Å². The zero-order chi connectivity index (χ0) is 21.3. The number of phenolic OH excluding ortho intramolecular Hbond substituents is 1. The molecule has 2 aromatic rings. The molecule has 1 aliphatic rings. The highest BCUT2D eigenvalue weighted by molar-refractivity contribution is 7.89. The van der Waals surface area contributed by atoms with Gasteiger partial charge in [0.15, 0.2) is 0 Å². The first-order valence-corrected chi connectivity index (χ1v) is 11.2. The van der Waals surface area contributed by atoms with Crippen molar-refractivity contribution in [2.24, 2.45) is 0 Å². The third kappa shape index (κ3) is 4.31. The second-order valence-electron chi connectivity index (χ2n) is 7.90. The number of aryl methyl sites for hydroxylation is 2. The van der Waals surface area contributed by atoms with Crippen LogP contribution >= 0.6 is 0 Å². The van der Waals surface area contributed by atoms with E-state index in [9.17, 15) is 18.3 Å². The van der Waals surface area contributed by atoms with Crippen molar-refractivity contribution in [2.75, 3.05) is 26.2 Å². The van der Waals surface area contributed by atoms with Gasteiger partial charge in [0.25, 0.3) is 5.91 Å². The Kier molecular flexibility index (Phi) is 6.00. The Hall–Kier alpha value is -2.38. The summed E-state index contributed by atoms with van der Waals surface area (Å²) in [5, 5.41) is 10.3. The number of rotatable bonds is 4. The number of nitrogens with zero attached hydrogens (tertiary/aromatic N) is 2. The largest absolute Gasteiger partial charge is 0.507 e. The lowest BCUT2D eigenvalue weighted by molar-refractivity contribution is 0.0695. The van der Waals surface area contributed by atoms with Gasteiger partial charge in [-0.15, -0.1) is 0 Å². The molecule has 1 heterocycles. The number of hydrogen-bond donors (Lipinski definition) is 1.